The summed E-state index contributed by atoms with van der Waals surface area (Å²) in [6.07, 6.45) is 6.87. The molecule has 4 aromatic rings. The molecule has 3 heterocycles. The summed E-state index contributed by atoms with van der Waals surface area (Å²) in [7, 11) is 0. The summed E-state index contributed by atoms with van der Waals surface area (Å²) in [5.41, 5.74) is 10.6. The monoisotopic (exact) mass is 477 g/mol. The van der Waals surface area contributed by atoms with Crippen molar-refractivity contribution in [1.29, 1.82) is 5.26 Å². The van der Waals surface area contributed by atoms with Gasteiger partial charge in [0, 0.05) is 35.3 Å². The van der Waals surface area contributed by atoms with E-state index in [1.165, 1.54) is 18.5 Å². The predicted octanol–water partition coefficient (Wildman–Crippen LogP) is 5.07. The summed E-state index contributed by atoms with van der Waals surface area (Å²) >= 11 is 0. The molecule has 6 rings (SSSR count). The van der Waals surface area contributed by atoms with Crippen LogP contribution in [-0.2, 0) is 0 Å². The van der Waals surface area contributed by atoms with Gasteiger partial charge in [-0.05, 0) is 78.3 Å². The average molecular weight is 478 g/mol. The molecule has 2 bridgehead atoms. The Bertz CT molecular complexity index is 1530. The third-order valence-electron chi connectivity index (χ3n) is 7.49. The van der Waals surface area contributed by atoms with Crippen molar-refractivity contribution >= 4 is 16.8 Å². The Morgan fingerprint density at radius 2 is 1.75 bits per heavy atom. The molecule has 2 saturated heterocycles. The van der Waals surface area contributed by atoms with Crippen LogP contribution in [0.2, 0.25) is 0 Å². The number of amides is 1. The fourth-order valence-corrected chi connectivity index (χ4v) is 5.78. The number of piperidine rings is 1. The number of benzene rings is 3. The highest BCUT2D eigenvalue weighted by molar-refractivity contribution is 5.99. The first-order valence-electron chi connectivity index (χ1n) is 12.1. The fraction of sp³-hybridized carbons (Fsp3) is 0.241. The molecule has 0 spiro atoms. The van der Waals surface area contributed by atoms with Gasteiger partial charge in [0.1, 0.15) is 18.2 Å². The molecule has 2 aliphatic rings. The van der Waals surface area contributed by atoms with Gasteiger partial charge < -0.3 is 10.6 Å². The lowest BCUT2D eigenvalue weighted by Gasteiger charge is -2.38. The number of aromatic nitrogens is 2. The molecule has 3 aromatic carbocycles. The van der Waals surface area contributed by atoms with E-state index in [-0.39, 0.29) is 29.6 Å². The van der Waals surface area contributed by atoms with Crippen LogP contribution in [0, 0.1) is 17.1 Å². The Morgan fingerprint density at radius 1 is 1.00 bits per heavy atom. The Morgan fingerprint density at radius 3 is 2.50 bits per heavy atom. The second-order valence-electron chi connectivity index (χ2n) is 9.69. The van der Waals surface area contributed by atoms with Crippen LogP contribution in [0.5, 0.6) is 0 Å². The number of nitrogens with zero attached hydrogens (tertiary/aromatic N) is 4. The minimum Gasteiger partial charge on any atom is -0.333 e. The zero-order chi connectivity index (χ0) is 24.8. The number of carbonyl (C=O) groups is 1. The second-order valence-corrected chi connectivity index (χ2v) is 9.69. The number of nitrogens with two attached hydrogens (primary N) is 1. The molecule has 0 aliphatic carbocycles. The van der Waals surface area contributed by atoms with Crippen LogP contribution in [0.15, 0.2) is 67.1 Å². The summed E-state index contributed by atoms with van der Waals surface area (Å²) in [5, 5.41) is 10.1. The van der Waals surface area contributed by atoms with E-state index in [1.54, 1.807) is 12.3 Å². The van der Waals surface area contributed by atoms with E-state index in [0.717, 1.165) is 53.3 Å². The van der Waals surface area contributed by atoms with Gasteiger partial charge >= 0.3 is 0 Å². The van der Waals surface area contributed by atoms with Crippen LogP contribution in [0.3, 0.4) is 0 Å². The molecule has 6 nitrogen and oxygen atoms in total. The third kappa shape index (κ3) is 3.80. The van der Waals surface area contributed by atoms with Crippen LogP contribution < -0.4 is 5.73 Å². The Hall–Kier alpha value is -4.15. The van der Waals surface area contributed by atoms with Gasteiger partial charge in [-0.3, -0.25) is 4.79 Å². The van der Waals surface area contributed by atoms with Crippen molar-refractivity contribution in [2.75, 3.05) is 0 Å². The first-order valence-corrected chi connectivity index (χ1v) is 12.1. The highest BCUT2D eigenvalue weighted by atomic mass is 19.1. The lowest BCUT2D eigenvalue weighted by molar-refractivity contribution is 0.0575. The number of fused-ring (bicyclic) bond motifs is 3. The van der Waals surface area contributed by atoms with Gasteiger partial charge in [-0.2, -0.15) is 5.26 Å². The number of nitriles is 1. The minimum absolute atomic E-state index is 0.0115. The van der Waals surface area contributed by atoms with E-state index >= 15 is 0 Å². The largest absolute Gasteiger partial charge is 0.333 e. The Labute approximate surface area is 208 Å². The quantitative estimate of drug-likeness (QED) is 0.445. The molecule has 1 aromatic heterocycles. The normalized spacial score (nSPS) is 20.9. The lowest BCUT2D eigenvalue weighted by Crippen LogP contribution is -2.50. The molecular formula is C29H24FN5O. The maximum Gasteiger partial charge on any atom is 0.254 e. The topological polar surface area (TPSA) is 95.9 Å². The molecule has 0 radical (unpaired) electrons. The van der Waals surface area contributed by atoms with E-state index < -0.39 is 5.82 Å². The average Bonchev–Trinajstić information content (AvgIpc) is 3.18. The van der Waals surface area contributed by atoms with Crippen LogP contribution in [-0.4, -0.2) is 38.9 Å². The first-order chi connectivity index (χ1) is 17.5. The fourth-order valence-electron chi connectivity index (χ4n) is 5.78. The van der Waals surface area contributed by atoms with Crippen molar-refractivity contribution in [3.05, 3.63) is 84.1 Å². The maximum absolute atomic E-state index is 14.6. The third-order valence-corrected chi connectivity index (χ3v) is 7.49. The second kappa shape index (κ2) is 8.81. The number of halogens is 1. The zero-order valence-electron chi connectivity index (χ0n) is 19.6. The molecule has 2 aliphatic heterocycles. The summed E-state index contributed by atoms with van der Waals surface area (Å²) in [6.45, 7) is 0. The first kappa shape index (κ1) is 22.3. The summed E-state index contributed by atoms with van der Waals surface area (Å²) in [4.78, 5) is 24.1. The summed E-state index contributed by atoms with van der Waals surface area (Å²) in [6, 6.07) is 18.4. The highest BCUT2D eigenvalue weighted by Gasteiger charge is 2.42. The van der Waals surface area contributed by atoms with Crippen molar-refractivity contribution < 1.29 is 9.18 Å². The molecule has 0 unspecified atom stereocenters. The van der Waals surface area contributed by atoms with Gasteiger partial charge in [0.25, 0.3) is 5.91 Å². The molecule has 1 amide bonds. The maximum atomic E-state index is 14.6. The number of carbonyl (C=O) groups excluding carboxylic acids is 1. The van der Waals surface area contributed by atoms with Gasteiger partial charge in [0.05, 0.1) is 11.1 Å². The lowest BCUT2D eigenvalue weighted by atomic mass is 9.91. The Balaban J connectivity index is 1.47. The Kier molecular flexibility index (Phi) is 5.46. The van der Waals surface area contributed by atoms with Crippen LogP contribution >= 0.6 is 0 Å². The van der Waals surface area contributed by atoms with E-state index in [2.05, 4.69) is 9.97 Å². The number of hydrogen-bond donors (Lipinski definition) is 1. The number of hydrogen-bond acceptors (Lipinski definition) is 5. The molecule has 0 saturated carbocycles. The van der Waals surface area contributed by atoms with E-state index in [0.29, 0.717) is 11.1 Å². The molecular weight excluding hydrogens is 453 g/mol. The minimum atomic E-state index is -0.591. The van der Waals surface area contributed by atoms with Gasteiger partial charge in [-0.25, -0.2) is 14.4 Å². The van der Waals surface area contributed by atoms with Gasteiger partial charge in [0.2, 0.25) is 0 Å². The molecule has 2 fully saturated rings. The smallest absolute Gasteiger partial charge is 0.254 e. The van der Waals surface area contributed by atoms with Crippen molar-refractivity contribution in [2.45, 2.75) is 43.8 Å². The number of rotatable bonds is 3. The van der Waals surface area contributed by atoms with Crippen molar-refractivity contribution in [2.24, 2.45) is 5.73 Å². The SMILES string of the molecule is N#Cc1ccc(-c2cc(C(=O)N3[C@@H]4CC[C@H]3C[C@@H](N)C4)ccc2-c2ccc3cncnc3c2)cc1F. The molecule has 178 valence electrons. The van der Waals surface area contributed by atoms with Gasteiger partial charge in [-0.1, -0.05) is 24.3 Å². The van der Waals surface area contributed by atoms with E-state index in [9.17, 15) is 14.4 Å². The van der Waals surface area contributed by atoms with Crippen LogP contribution in [0.4, 0.5) is 4.39 Å². The highest BCUT2D eigenvalue weighted by Crippen LogP contribution is 2.39. The van der Waals surface area contributed by atoms with E-state index in [1.807, 2.05) is 47.4 Å². The standard InChI is InChI=1S/C29H24FN5O/c30-27-10-17(1-3-20(27)14-31)26-9-19(29(36)35-23-6-7-24(35)13-22(32)12-23)5-8-25(26)18-2-4-21-15-33-16-34-28(21)11-18/h1-5,8-11,15-16,22-24H,6-7,12-13,32H2/t22-,23+,24-. The van der Waals surface area contributed by atoms with Crippen molar-refractivity contribution in [3.8, 4) is 28.3 Å². The van der Waals surface area contributed by atoms with Gasteiger partial charge in [0.15, 0.2) is 0 Å². The summed E-state index contributed by atoms with van der Waals surface area (Å²) < 4.78 is 14.6. The van der Waals surface area contributed by atoms with Crippen LogP contribution in [0.1, 0.15) is 41.6 Å². The van der Waals surface area contributed by atoms with Gasteiger partial charge in [-0.15, -0.1) is 0 Å². The van der Waals surface area contributed by atoms with Crippen molar-refractivity contribution in [1.82, 2.24) is 14.9 Å². The zero-order valence-corrected chi connectivity index (χ0v) is 19.6. The van der Waals surface area contributed by atoms with Crippen molar-refractivity contribution in [3.63, 3.8) is 0 Å². The molecule has 36 heavy (non-hydrogen) atoms. The van der Waals surface area contributed by atoms with E-state index in [4.69, 9.17) is 5.73 Å². The molecule has 3 atom stereocenters. The molecule has 7 heteroatoms. The predicted molar refractivity (Wildman–Crippen MR) is 135 cm³/mol. The summed E-state index contributed by atoms with van der Waals surface area (Å²) in [5.74, 6) is -0.602. The van der Waals surface area contributed by atoms with Crippen LogP contribution in [0.25, 0.3) is 33.2 Å². The molecule has 2 N–H and O–H groups in total.